The quantitative estimate of drug-likeness (QED) is 0.163. The fourth-order valence-corrected chi connectivity index (χ4v) is 8.73. The number of rotatable bonds is 7. The molecule has 0 atom stereocenters. The van der Waals surface area contributed by atoms with Crippen LogP contribution < -0.4 is 4.90 Å². The predicted molar refractivity (Wildman–Crippen MR) is 239 cm³/mol. The zero-order chi connectivity index (χ0) is 37.7. The molecule has 0 aliphatic heterocycles. The molecule has 0 bridgehead atoms. The summed E-state index contributed by atoms with van der Waals surface area (Å²) in [6.45, 7) is 0. The number of nitrogens with zero attached hydrogens (tertiary/aromatic N) is 2. The van der Waals surface area contributed by atoms with Gasteiger partial charge in [-0.15, -0.1) is 0 Å². The summed E-state index contributed by atoms with van der Waals surface area (Å²) in [5, 5.41) is 4.55. The molecule has 3 heteroatoms. The van der Waals surface area contributed by atoms with Gasteiger partial charge in [-0.05, 0) is 76.9 Å². The lowest BCUT2D eigenvalue weighted by Crippen LogP contribution is -2.11. The summed E-state index contributed by atoms with van der Waals surface area (Å²) < 4.78 is 8.81. The molecule has 268 valence electrons. The fourth-order valence-electron chi connectivity index (χ4n) is 8.73. The molecule has 0 unspecified atom stereocenters. The molecule has 3 nitrogen and oxygen atoms in total. The molecule has 11 rings (SSSR count). The second-order valence-electron chi connectivity index (χ2n) is 14.5. The van der Waals surface area contributed by atoms with Gasteiger partial charge in [-0.2, -0.15) is 0 Å². The van der Waals surface area contributed by atoms with Crippen LogP contribution in [0.25, 0.3) is 82.8 Å². The number of aromatic nitrogens is 1. The topological polar surface area (TPSA) is 21.3 Å². The third-order valence-corrected chi connectivity index (χ3v) is 11.2. The first-order valence-corrected chi connectivity index (χ1v) is 19.4. The Kier molecular flexibility index (Phi) is 7.82. The Morgan fingerprint density at radius 2 is 0.930 bits per heavy atom. The van der Waals surface area contributed by atoms with Gasteiger partial charge in [0, 0.05) is 38.4 Å². The highest BCUT2D eigenvalue weighted by Gasteiger charge is 2.25. The molecule has 0 spiro atoms. The molecule has 57 heavy (non-hydrogen) atoms. The van der Waals surface area contributed by atoms with Gasteiger partial charge in [-0.3, -0.25) is 0 Å². The first-order valence-electron chi connectivity index (χ1n) is 19.4. The van der Waals surface area contributed by atoms with Gasteiger partial charge < -0.3 is 13.9 Å². The molecule has 0 fully saturated rings. The summed E-state index contributed by atoms with van der Waals surface area (Å²) in [6.07, 6.45) is 0. The van der Waals surface area contributed by atoms with Crippen molar-refractivity contribution in [3.8, 4) is 39.1 Å². The molecule has 0 saturated carbocycles. The minimum absolute atomic E-state index is 0.873. The van der Waals surface area contributed by atoms with E-state index in [0.29, 0.717) is 0 Å². The number of para-hydroxylation sites is 3. The SMILES string of the molecule is c1ccc(-c2ccccc2N(c2ccc3oc4ccccc4c3c2)c2cccc3c2c2ccccc2n3-c2cccc(-c3ccccc3)c2-c2ccccc2)cc1. The van der Waals surface area contributed by atoms with Gasteiger partial charge in [0.15, 0.2) is 0 Å². The second-order valence-corrected chi connectivity index (χ2v) is 14.5. The van der Waals surface area contributed by atoms with Crippen LogP contribution in [-0.2, 0) is 0 Å². The number of benzene rings is 9. The van der Waals surface area contributed by atoms with Gasteiger partial charge in [0.1, 0.15) is 11.2 Å². The van der Waals surface area contributed by atoms with Crippen molar-refractivity contribution < 1.29 is 4.42 Å². The van der Waals surface area contributed by atoms with Gasteiger partial charge in [0.2, 0.25) is 0 Å². The van der Waals surface area contributed by atoms with E-state index in [9.17, 15) is 0 Å². The van der Waals surface area contributed by atoms with Gasteiger partial charge in [0.25, 0.3) is 0 Å². The summed E-state index contributed by atoms with van der Waals surface area (Å²) in [7, 11) is 0. The van der Waals surface area contributed by atoms with Crippen molar-refractivity contribution in [3.05, 3.63) is 218 Å². The molecule has 2 heterocycles. The van der Waals surface area contributed by atoms with E-state index in [0.717, 1.165) is 66.8 Å². The first kappa shape index (κ1) is 32.8. The van der Waals surface area contributed by atoms with Crippen LogP contribution in [0.5, 0.6) is 0 Å². The Bertz CT molecular complexity index is 3230. The largest absolute Gasteiger partial charge is 0.456 e. The molecule has 0 aliphatic carbocycles. The maximum atomic E-state index is 6.34. The van der Waals surface area contributed by atoms with Crippen molar-refractivity contribution in [1.82, 2.24) is 4.57 Å². The summed E-state index contributed by atoms with van der Waals surface area (Å²) >= 11 is 0. The van der Waals surface area contributed by atoms with Gasteiger partial charge in [-0.25, -0.2) is 0 Å². The standard InChI is InChI=1S/C54H36N2O/c1-4-18-37(19-5-1)41-24-10-13-28-46(41)55(40-34-35-52-45(36-40)43-25-12-15-33-51(43)57-52)49-31-17-32-50-54(49)44-26-11-14-29-47(44)56(50)48-30-16-27-42(38-20-6-2-7-21-38)53(48)39-22-8-3-9-23-39/h1-36H. The van der Waals surface area contributed by atoms with E-state index >= 15 is 0 Å². The van der Waals surface area contributed by atoms with Crippen LogP contribution in [-0.4, -0.2) is 4.57 Å². The van der Waals surface area contributed by atoms with Crippen LogP contribution in [0, 0.1) is 0 Å². The Morgan fingerprint density at radius 3 is 1.72 bits per heavy atom. The van der Waals surface area contributed by atoms with Crippen LogP contribution >= 0.6 is 0 Å². The molecular formula is C54H36N2O. The molecule has 0 amide bonds. The van der Waals surface area contributed by atoms with Crippen LogP contribution in [0.2, 0.25) is 0 Å². The Hall–Kier alpha value is -7.62. The van der Waals surface area contributed by atoms with Crippen molar-refractivity contribution in [3.63, 3.8) is 0 Å². The van der Waals surface area contributed by atoms with E-state index in [-0.39, 0.29) is 0 Å². The highest BCUT2D eigenvalue weighted by molar-refractivity contribution is 6.18. The van der Waals surface area contributed by atoms with Crippen LogP contribution in [0.15, 0.2) is 223 Å². The number of anilines is 3. The lowest BCUT2D eigenvalue weighted by molar-refractivity contribution is 0.669. The fraction of sp³-hybridized carbons (Fsp3) is 0. The molecule has 9 aromatic carbocycles. The molecule has 11 aromatic rings. The van der Waals surface area contributed by atoms with E-state index in [1.807, 2.05) is 12.1 Å². The van der Waals surface area contributed by atoms with E-state index < -0.39 is 0 Å². The lowest BCUT2D eigenvalue weighted by atomic mass is 9.93. The van der Waals surface area contributed by atoms with Crippen molar-refractivity contribution in [2.75, 3.05) is 4.90 Å². The second kappa shape index (κ2) is 13.6. The maximum Gasteiger partial charge on any atom is 0.135 e. The number of furan rings is 1. The van der Waals surface area contributed by atoms with Crippen molar-refractivity contribution in [2.45, 2.75) is 0 Å². The van der Waals surface area contributed by atoms with Crippen molar-refractivity contribution in [1.29, 1.82) is 0 Å². The normalized spacial score (nSPS) is 11.5. The van der Waals surface area contributed by atoms with Crippen LogP contribution in [0.3, 0.4) is 0 Å². The monoisotopic (exact) mass is 728 g/mol. The number of hydrogen-bond donors (Lipinski definition) is 0. The summed E-state index contributed by atoms with van der Waals surface area (Å²) in [6, 6.07) is 78.2. The number of fused-ring (bicyclic) bond motifs is 6. The summed E-state index contributed by atoms with van der Waals surface area (Å²) in [5.74, 6) is 0. The van der Waals surface area contributed by atoms with E-state index in [1.54, 1.807) is 0 Å². The van der Waals surface area contributed by atoms with E-state index in [1.165, 1.54) is 33.0 Å². The molecule has 0 N–H and O–H groups in total. The third-order valence-electron chi connectivity index (χ3n) is 11.2. The molecule has 2 aromatic heterocycles. The average Bonchev–Trinajstić information content (AvgIpc) is 3.83. The van der Waals surface area contributed by atoms with Crippen molar-refractivity contribution >= 4 is 60.8 Å². The van der Waals surface area contributed by atoms with E-state index in [4.69, 9.17) is 4.42 Å². The maximum absolute atomic E-state index is 6.34. The summed E-state index contributed by atoms with van der Waals surface area (Å²) in [5.41, 5.74) is 15.5. The highest BCUT2D eigenvalue weighted by Crippen LogP contribution is 2.48. The highest BCUT2D eigenvalue weighted by atomic mass is 16.3. The Morgan fingerprint density at radius 1 is 0.368 bits per heavy atom. The Balaban J connectivity index is 1.23. The lowest BCUT2D eigenvalue weighted by Gasteiger charge is -2.29. The number of hydrogen-bond acceptors (Lipinski definition) is 2. The third kappa shape index (κ3) is 5.43. The Labute approximate surface area is 330 Å². The predicted octanol–water partition coefficient (Wildman–Crippen LogP) is 15.2. The van der Waals surface area contributed by atoms with Crippen molar-refractivity contribution in [2.24, 2.45) is 0 Å². The average molecular weight is 729 g/mol. The van der Waals surface area contributed by atoms with Crippen LogP contribution in [0.4, 0.5) is 17.1 Å². The van der Waals surface area contributed by atoms with E-state index in [2.05, 4.69) is 216 Å². The van der Waals surface area contributed by atoms with Gasteiger partial charge in [-0.1, -0.05) is 164 Å². The molecule has 0 aliphatic rings. The minimum atomic E-state index is 0.873. The van der Waals surface area contributed by atoms with Gasteiger partial charge >= 0.3 is 0 Å². The molecular weight excluding hydrogens is 693 g/mol. The first-order chi connectivity index (χ1) is 28.3. The molecule has 0 saturated heterocycles. The van der Waals surface area contributed by atoms with Crippen LogP contribution in [0.1, 0.15) is 0 Å². The molecule has 0 radical (unpaired) electrons. The zero-order valence-corrected chi connectivity index (χ0v) is 31.1. The zero-order valence-electron chi connectivity index (χ0n) is 31.1. The van der Waals surface area contributed by atoms with Gasteiger partial charge in [0.05, 0.1) is 28.1 Å². The minimum Gasteiger partial charge on any atom is -0.456 e. The smallest absolute Gasteiger partial charge is 0.135 e. The summed E-state index contributed by atoms with van der Waals surface area (Å²) in [4.78, 5) is 2.45.